The Hall–Kier alpha value is -2.79. The van der Waals surface area contributed by atoms with Gasteiger partial charge in [0.1, 0.15) is 11.5 Å². The van der Waals surface area contributed by atoms with Gasteiger partial charge >= 0.3 is 0 Å². The highest BCUT2D eigenvalue weighted by molar-refractivity contribution is 9.10. The van der Waals surface area contributed by atoms with E-state index >= 15 is 0 Å². The molecule has 0 aromatic heterocycles. The Morgan fingerprint density at radius 1 is 0.857 bits per heavy atom. The molecule has 0 spiro atoms. The largest absolute Gasteiger partial charge is 0.497 e. The average Bonchev–Trinajstić information content (AvgIpc) is 2.74. The van der Waals surface area contributed by atoms with Gasteiger partial charge in [0, 0.05) is 22.1 Å². The summed E-state index contributed by atoms with van der Waals surface area (Å²) in [5.41, 5.74) is 2.64. The van der Waals surface area contributed by atoms with Gasteiger partial charge in [-0.15, -0.1) is 0 Å². The first-order valence-electron chi connectivity index (χ1n) is 8.92. The average molecular weight is 440 g/mol. The molecule has 0 heterocycles. The van der Waals surface area contributed by atoms with Crippen LogP contribution < -0.4 is 14.8 Å². The number of carbonyl (C=O) groups is 1. The van der Waals surface area contributed by atoms with Gasteiger partial charge < -0.3 is 14.8 Å². The number of carbonyl (C=O) groups excluding carboxylic acids is 1. The molecule has 3 rings (SSSR count). The number of anilines is 1. The van der Waals surface area contributed by atoms with E-state index in [1.54, 1.807) is 38.5 Å². The van der Waals surface area contributed by atoms with Crippen molar-refractivity contribution in [2.24, 2.45) is 0 Å². The molecular weight excluding hydrogens is 418 g/mol. The summed E-state index contributed by atoms with van der Waals surface area (Å²) in [5.74, 6) is 1.59. The smallest absolute Gasteiger partial charge is 0.165 e. The first-order chi connectivity index (χ1) is 13.6. The highest BCUT2D eigenvalue weighted by Crippen LogP contribution is 2.27. The Balaban J connectivity index is 1.82. The lowest BCUT2D eigenvalue weighted by Gasteiger charge is -2.20. The molecule has 144 valence electrons. The van der Waals surface area contributed by atoms with Crippen molar-refractivity contribution in [2.45, 2.75) is 12.5 Å². The summed E-state index contributed by atoms with van der Waals surface area (Å²) < 4.78 is 11.4. The van der Waals surface area contributed by atoms with Crippen molar-refractivity contribution in [1.29, 1.82) is 0 Å². The van der Waals surface area contributed by atoms with Gasteiger partial charge in [-0.05, 0) is 66.2 Å². The van der Waals surface area contributed by atoms with E-state index < -0.39 is 0 Å². The van der Waals surface area contributed by atoms with Crippen molar-refractivity contribution in [1.82, 2.24) is 0 Å². The summed E-state index contributed by atoms with van der Waals surface area (Å²) in [4.78, 5) is 12.9. The number of ether oxygens (including phenoxy) is 2. The lowest BCUT2D eigenvalue weighted by molar-refractivity contribution is 0.0976. The Bertz CT molecular complexity index is 906. The highest BCUT2D eigenvalue weighted by atomic mass is 79.9. The fraction of sp³-hybridized carbons (Fsp3) is 0.174. The predicted octanol–water partition coefficient (Wildman–Crippen LogP) is 5.89. The zero-order chi connectivity index (χ0) is 19.9. The third-order valence-electron chi connectivity index (χ3n) is 4.50. The van der Waals surface area contributed by atoms with Crippen molar-refractivity contribution < 1.29 is 14.3 Å². The van der Waals surface area contributed by atoms with Crippen LogP contribution >= 0.6 is 15.9 Å². The number of hydrogen-bond donors (Lipinski definition) is 1. The predicted molar refractivity (Wildman–Crippen MR) is 115 cm³/mol. The Kier molecular flexibility index (Phi) is 6.71. The minimum Gasteiger partial charge on any atom is -0.497 e. The topological polar surface area (TPSA) is 47.6 Å². The molecule has 0 radical (unpaired) electrons. The van der Waals surface area contributed by atoms with Crippen molar-refractivity contribution in [3.8, 4) is 11.5 Å². The van der Waals surface area contributed by atoms with Crippen LogP contribution in [0.15, 0.2) is 77.3 Å². The molecule has 3 aromatic carbocycles. The maximum Gasteiger partial charge on any atom is 0.165 e. The van der Waals surface area contributed by atoms with E-state index in [0.717, 1.165) is 27.2 Å². The lowest BCUT2D eigenvalue weighted by atomic mass is 9.97. The molecule has 0 aliphatic carbocycles. The van der Waals surface area contributed by atoms with Gasteiger partial charge in [0.25, 0.3) is 0 Å². The quantitative estimate of drug-likeness (QED) is 0.444. The van der Waals surface area contributed by atoms with Gasteiger partial charge in [-0.1, -0.05) is 28.1 Å². The fourth-order valence-corrected chi connectivity index (χ4v) is 3.18. The van der Waals surface area contributed by atoms with E-state index in [0.29, 0.717) is 12.0 Å². The van der Waals surface area contributed by atoms with Crippen LogP contribution in [0, 0.1) is 0 Å². The molecular formula is C23H22BrNO3. The normalized spacial score (nSPS) is 11.5. The van der Waals surface area contributed by atoms with Crippen LogP contribution in [0.5, 0.6) is 11.5 Å². The van der Waals surface area contributed by atoms with Gasteiger partial charge in [-0.3, -0.25) is 4.79 Å². The Morgan fingerprint density at radius 2 is 1.39 bits per heavy atom. The van der Waals surface area contributed by atoms with Gasteiger partial charge in [-0.25, -0.2) is 0 Å². The maximum absolute atomic E-state index is 12.9. The summed E-state index contributed by atoms with van der Waals surface area (Å²) in [7, 11) is 3.25. The summed E-state index contributed by atoms with van der Waals surface area (Å²) in [6, 6.07) is 22.7. The van der Waals surface area contributed by atoms with Crippen LogP contribution in [0.3, 0.4) is 0 Å². The minimum absolute atomic E-state index is 0.0663. The summed E-state index contributed by atoms with van der Waals surface area (Å²) in [6.07, 6.45) is 0.333. The van der Waals surface area contributed by atoms with Crippen molar-refractivity contribution in [3.05, 3.63) is 88.4 Å². The van der Waals surface area contributed by atoms with Crippen molar-refractivity contribution in [3.63, 3.8) is 0 Å². The van der Waals surface area contributed by atoms with E-state index in [4.69, 9.17) is 9.47 Å². The third-order valence-corrected chi connectivity index (χ3v) is 5.03. The minimum atomic E-state index is -0.156. The number of Topliss-reactive ketones (excluding diaryl/α,β-unsaturated/α-hetero) is 1. The summed E-state index contributed by atoms with van der Waals surface area (Å²) >= 11 is 3.47. The molecule has 0 fully saturated rings. The lowest BCUT2D eigenvalue weighted by Crippen LogP contribution is -2.16. The second-order valence-electron chi connectivity index (χ2n) is 6.33. The molecule has 0 bridgehead atoms. The molecule has 1 atom stereocenters. The SMILES string of the molecule is COc1ccc(NC(CC(=O)c2ccc(OC)cc2)c2ccc(Br)cc2)cc1. The summed E-state index contributed by atoms with van der Waals surface area (Å²) in [5, 5.41) is 3.47. The number of halogens is 1. The molecule has 0 aliphatic rings. The molecule has 0 saturated carbocycles. The standard InChI is InChI=1S/C23H22BrNO3/c1-27-20-11-5-17(6-12-20)23(26)15-22(16-3-7-18(24)8-4-16)25-19-9-13-21(28-2)14-10-19/h3-14,22,25H,15H2,1-2H3. The van der Waals surface area contributed by atoms with Crippen molar-refractivity contribution >= 4 is 27.4 Å². The van der Waals surface area contributed by atoms with Crippen LogP contribution in [-0.2, 0) is 0 Å². The van der Waals surface area contributed by atoms with Gasteiger partial charge in [0.05, 0.1) is 20.3 Å². The monoisotopic (exact) mass is 439 g/mol. The van der Waals surface area contributed by atoms with E-state index in [1.807, 2.05) is 48.5 Å². The number of rotatable bonds is 8. The van der Waals surface area contributed by atoms with Crippen LogP contribution in [0.4, 0.5) is 5.69 Å². The summed E-state index contributed by atoms with van der Waals surface area (Å²) in [6.45, 7) is 0. The number of benzene rings is 3. The Morgan fingerprint density at radius 3 is 1.93 bits per heavy atom. The molecule has 0 aliphatic heterocycles. The molecule has 5 heteroatoms. The zero-order valence-corrected chi connectivity index (χ0v) is 17.4. The maximum atomic E-state index is 12.9. The van der Waals surface area contributed by atoms with E-state index in [-0.39, 0.29) is 11.8 Å². The second kappa shape index (κ2) is 9.42. The van der Waals surface area contributed by atoms with E-state index in [1.165, 1.54) is 0 Å². The van der Waals surface area contributed by atoms with Crippen LogP contribution in [0.2, 0.25) is 0 Å². The van der Waals surface area contributed by atoms with Crippen LogP contribution in [0.1, 0.15) is 28.4 Å². The molecule has 28 heavy (non-hydrogen) atoms. The number of ketones is 1. The Labute approximate surface area is 173 Å². The number of methoxy groups -OCH3 is 2. The fourth-order valence-electron chi connectivity index (χ4n) is 2.92. The second-order valence-corrected chi connectivity index (χ2v) is 7.25. The molecule has 0 amide bonds. The van der Waals surface area contributed by atoms with Crippen LogP contribution in [0.25, 0.3) is 0 Å². The zero-order valence-electron chi connectivity index (χ0n) is 15.8. The first kappa shape index (κ1) is 20.0. The van der Waals surface area contributed by atoms with Crippen molar-refractivity contribution in [2.75, 3.05) is 19.5 Å². The molecule has 0 saturated heterocycles. The molecule has 1 unspecified atom stereocenters. The first-order valence-corrected chi connectivity index (χ1v) is 9.71. The molecule has 4 nitrogen and oxygen atoms in total. The highest BCUT2D eigenvalue weighted by Gasteiger charge is 2.18. The van der Waals surface area contributed by atoms with Gasteiger partial charge in [0.2, 0.25) is 0 Å². The number of hydrogen-bond acceptors (Lipinski definition) is 4. The van der Waals surface area contributed by atoms with Gasteiger partial charge in [-0.2, -0.15) is 0 Å². The number of nitrogens with one attached hydrogen (secondary N) is 1. The van der Waals surface area contributed by atoms with E-state index in [2.05, 4.69) is 21.2 Å². The molecule has 3 aromatic rings. The van der Waals surface area contributed by atoms with Gasteiger partial charge in [0.15, 0.2) is 5.78 Å². The van der Waals surface area contributed by atoms with E-state index in [9.17, 15) is 4.79 Å². The van der Waals surface area contributed by atoms with Crippen LogP contribution in [-0.4, -0.2) is 20.0 Å². The molecule has 1 N–H and O–H groups in total. The third kappa shape index (κ3) is 5.14.